The van der Waals surface area contributed by atoms with Gasteiger partial charge in [-0.2, -0.15) is 5.26 Å². The molecule has 23 heavy (non-hydrogen) atoms. The summed E-state index contributed by atoms with van der Waals surface area (Å²) in [6.07, 6.45) is 5.01. The van der Waals surface area contributed by atoms with Gasteiger partial charge in [0.25, 0.3) is 5.91 Å². The highest BCUT2D eigenvalue weighted by molar-refractivity contribution is 5.95. The largest absolute Gasteiger partial charge is 0.368 e. The number of rotatable bonds is 2. The van der Waals surface area contributed by atoms with Gasteiger partial charge in [0.1, 0.15) is 0 Å². The van der Waals surface area contributed by atoms with Crippen LogP contribution in [0.4, 0.5) is 5.95 Å². The van der Waals surface area contributed by atoms with E-state index in [1.165, 1.54) is 0 Å². The number of nitrogens with two attached hydrogens (primary N) is 1. The smallest absolute Gasteiger partial charge is 0.253 e. The van der Waals surface area contributed by atoms with Crippen molar-refractivity contribution in [2.45, 2.75) is 12.8 Å². The lowest BCUT2D eigenvalue weighted by Gasteiger charge is -2.29. The summed E-state index contributed by atoms with van der Waals surface area (Å²) in [6, 6.07) is 9.62. The number of amides is 1. The highest BCUT2D eigenvalue weighted by Crippen LogP contribution is 2.22. The Morgan fingerprint density at radius 3 is 2.83 bits per heavy atom. The second kappa shape index (κ2) is 6.44. The molecule has 2 heterocycles. The van der Waals surface area contributed by atoms with E-state index in [-0.39, 0.29) is 17.8 Å². The molecule has 6 nitrogen and oxygen atoms in total. The van der Waals surface area contributed by atoms with Gasteiger partial charge in [-0.15, -0.1) is 0 Å². The SMILES string of the molecule is N#CC1CCCN(C(=O)c2cccc(-c3cnc(N)nc3)c2)C1. The van der Waals surface area contributed by atoms with E-state index >= 15 is 0 Å². The molecule has 116 valence electrons. The number of carbonyl (C=O) groups is 1. The van der Waals surface area contributed by atoms with Crippen molar-refractivity contribution in [3.05, 3.63) is 42.2 Å². The van der Waals surface area contributed by atoms with Crippen LogP contribution in [0.1, 0.15) is 23.2 Å². The molecule has 0 aliphatic carbocycles. The number of hydrogen-bond acceptors (Lipinski definition) is 5. The van der Waals surface area contributed by atoms with Crippen LogP contribution >= 0.6 is 0 Å². The Balaban J connectivity index is 1.83. The molecule has 0 radical (unpaired) electrons. The van der Waals surface area contributed by atoms with Crippen molar-refractivity contribution < 1.29 is 4.79 Å². The summed E-state index contributed by atoms with van der Waals surface area (Å²) in [5.41, 5.74) is 7.78. The van der Waals surface area contributed by atoms with Gasteiger partial charge in [-0.05, 0) is 30.5 Å². The topological polar surface area (TPSA) is 95.9 Å². The van der Waals surface area contributed by atoms with Crippen LogP contribution in [-0.4, -0.2) is 33.9 Å². The maximum absolute atomic E-state index is 12.7. The molecule has 2 aromatic rings. The summed E-state index contributed by atoms with van der Waals surface area (Å²) in [4.78, 5) is 22.4. The van der Waals surface area contributed by atoms with Crippen LogP contribution in [0.3, 0.4) is 0 Å². The Morgan fingerprint density at radius 2 is 2.09 bits per heavy atom. The van der Waals surface area contributed by atoms with Crippen molar-refractivity contribution >= 4 is 11.9 Å². The first-order valence-electron chi connectivity index (χ1n) is 7.54. The highest BCUT2D eigenvalue weighted by Gasteiger charge is 2.24. The molecule has 3 rings (SSSR count). The summed E-state index contributed by atoms with van der Waals surface area (Å²) >= 11 is 0. The van der Waals surface area contributed by atoms with Gasteiger partial charge in [-0.1, -0.05) is 12.1 Å². The predicted molar refractivity (Wildman–Crippen MR) is 86.1 cm³/mol. The third-order valence-corrected chi connectivity index (χ3v) is 4.01. The maximum atomic E-state index is 12.7. The normalized spacial score (nSPS) is 17.5. The zero-order chi connectivity index (χ0) is 16.2. The first kappa shape index (κ1) is 15.0. The fourth-order valence-corrected chi connectivity index (χ4v) is 2.77. The number of anilines is 1. The molecule has 1 saturated heterocycles. The van der Waals surface area contributed by atoms with Crippen molar-refractivity contribution in [1.82, 2.24) is 14.9 Å². The van der Waals surface area contributed by atoms with E-state index in [2.05, 4.69) is 16.0 Å². The number of piperidine rings is 1. The zero-order valence-corrected chi connectivity index (χ0v) is 12.6. The second-order valence-corrected chi connectivity index (χ2v) is 5.63. The molecule has 1 fully saturated rings. The summed E-state index contributed by atoms with van der Waals surface area (Å²) in [7, 11) is 0. The van der Waals surface area contributed by atoms with Gasteiger partial charge in [0.2, 0.25) is 5.95 Å². The Labute approximate surface area is 134 Å². The first-order chi connectivity index (χ1) is 11.2. The lowest BCUT2D eigenvalue weighted by Crippen LogP contribution is -2.39. The van der Waals surface area contributed by atoms with Gasteiger partial charge in [-0.3, -0.25) is 4.79 Å². The van der Waals surface area contributed by atoms with Gasteiger partial charge in [-0.25, -0.2) is 9.97 Å². The average Bonchev–Trinajstić information content (AvgIpc) is 2.62. The lowest BCUT2D eigenvalue weighted by molar-refractivity contribution is 0.0699. The molecule has 0 saturated carbocycles. The number of nitrogens with zero attached hydrogens (tertiary/aromatic N) is 4. The molecule has 0 bridgehead atoms. The Kier molecular flexibility index (Phi) is 4.20. The van der Waals surface area contributed by atoms with Crippen LogP contribution in [0.25, 0.3) is 11.1 Å². The van der Waals surface area contributed by atoms with Crippen molar-refractivity contribution in [3.8, 4) is 17.2 Å². The number of likely N-dealkylation sites (tertiary alicyclic amines) is 1. The van der Waals surface area contributed by atoms with Gasteiger partial charge in [0.15, 0.2) is 0 Å². The third kappa shape index (κ3) is 3.29. The van der Waals surface area contributed by atoms with Crippen molar-refractivity contribution in [2.75, 3.05) is 18.8 Å². The van der Waals surface area contributed by atoms with Crippen molar-refractivity contribution in [3.63, 3.8) is 0 Å². The summed E-state index contributed by atoms with van der Waals surface area (Å²) in [5, 5.41) is 9.06. The number of nitriles is 1. The molecule has 1 aromatic carbocycles. The van der Waals surface area contributed by atoms with Crippen molar-refractivity contribution in [1.29, 1.82) is 5.26 Å². The molecule has 1 unspecified atom stereocenters. The number of carbonyl (C=O) groups excluding carboxylic acids is 1. The third-order valence-electron chi connectivity index (χ3n) is 4.01. The molecule has 1 atom stereocenters. The molecule has 1 aromatic heterocycles. The molecule has 0 spiro atoms. The number of hydrogen-bond donors (Lipinski definition) is 1. The molecular weight excluding hydrogens is 290 g/mol. The first-order valence-corrected chi connectivity index (χ1v) is 7.54. The monoisotopic (exact) mass is 307 g/mol. The molecule has 1 aliphatic rings. The van der Waals surface area contributed by atoms with Crippen LogP contribution in [-0.2, 0) is 0 Å². The van der Waals surface area contributed by atoms with E-state index in [0.29, 0.717) is 18.7 Å². The van der Waals surface area contributed by atoms with Crippen LogP contribution in [0.2, 0.25) is 0 Å². The lowest BCUT2D eigenvalue weighted by atomic mass is 9.98. The molecular formula is C17H17N5O. The fraction of sp³-hybridized carbons (Fsp3) is 0.294. The van der Waals surface area contributed by atoms with E-state index in [9.17, 15) is 4.79 Å². The number of benzene rings is 1. The minimum absolute atomic E-state index is 0.0387. The number of nitrogen functional groups attached to an aromatic ring is 1. The van der Waals surface area contributed by atoms with Crippen LogP contribution < -0.4 is 5.73 Å². The standard InChI is InChI=1S/C17H17N5O/c18-8-12-3-2-6-22(11-12)16(23)14-5-1-4-13(7-14)15-9-20-17(19)21-10-15/h1,4-5,7,9-10,12H,2-3,6,11H2,(H2,19,20,21). The van der Waals surface area contributed by atoms with Gasteiger partial charge < -0.3 is 10.6 Å². The quantitative estimate of drug-likeness (QED) is 0.916. The molecule has 6 heteroatoms. The molecule has 1 amide bonds. The van der Waals surface area contributed by atoms with Gasteiger partial charge in [0, 0.05) is 36.6 Å². The fourth-order valence-electron chi connectivity index (χ4n) is 2.77. The summed E-state index contributed by atoms with van der Waals surface area (Å²) < 4.78 is 0. The molecule has 1 aliphatic heterocycles. The van der Waals surface area contributed by atoms with E-state index in [1.54, 1.807) is 23.4 Å². The second-order valence-electron chi connectivity index (χ2n) is 5.63. The van der Waals surface area contributed by atoms with E-state index in [0.717, 1.165) is 24.0 Å². The zero-order valence-electron chi connectivity index (χ0n) is 12.6. The average molecular weight is 307 g/mol. The maximum Gasteiger partial charge on any atom is 0.253 e. The minimum atomic E-state index is -0.0682. The number of aromatic nitrogens is 2. The van der Waals surface area contributed by atoms with Crippen LogP contribution in [0, 0.1) is 17.2 Å². The Hall–Kier alpha value is -2.94. The van der Waals surface area contributed by atoms with E-state index in [4.69, 9.17) is 11.0 Å². The van der Waals surface area contributed by atoms with Crippen LogP contribution in [0.5, 0.6) is 0 Å². The highest BCUT2D eigenvalue weighted by atomic mass is 16.2. The summed E-state index contributed by atoms with van der Waals surface area (Å²) in [5.74, 6) is 0.112. The Morgan fingerprint density at radius 1 is 1.30 bits per heavy atom. The molecule has 2 N–H and O–H groups in total. The Bertz CT molecular complexity index is 750. The minimum Gasteiger partial charge on any atom is -0.368 e. The van der Waals surface area contributed by atoms with E-state index in [1.807, 2.05) is 18.2 Å². The van der Waals surface area contributed by atoms with Gasteiger partial charge >= 0.3 is 0 Å². The summed E-state index contributed by atoms with van der Waals surface area (Å²) in [6.45, 7) is 1.21. The van der Waals surface area contributed by atoms with E-state index < -0.39 is 0 Å². The van der Waals surface area contributed by atoms with Crippen LogP contribution in [0.15, 0.2) is 36.7 Å². The predicted octanol–water partition coefficient (Wildman–Crippen LogP) is 2.10. The van der Waals surface area contributed by atoms with Crippen molar-refractivity contribution in [2.24, 2.45) is 5.92 Å². The van der Waals surface area contributed by atoms with Gasteiger partial charge in [0.05, 0.1) is 12.0 Å².